The van der Waals surface area contributed by atoms with E-state index >= 15 is 0 Å². The lowest BCUT2D eigenvalue weighted by Crippen LogP contribution is -1.99. The van der Waals surface area contributed by atoms with E-state index < -0.39 is 0 Å². The van der Waals surface area contributed by atoms with Gasteiger partial charge in [0.25, 0.3) is 0 Å². The third-order valence-electron chi connectivity index (χ3n) is 0.826. The van der Waals surface area contributed by atoms with E-state index in [1.165, 1.54) is 0 Å². The van der Waals surface area contributed by atoms with E-state index in [0.717, 1.165) is 0 Å². The Hall–Kier alpha value is -1.01. The van der Waals surface area contributed by atoms with Gasteiger partial charge in [0.1, 0.15) is 5.94 Å². The molecular formula is C5H5NO. The summed E-state index contributed by atoms with van der Waals surface area (Å²) in [5, 5.41) is 2.84. The van der Waals surface area contributed by atoms with E-state index in [0.29, 0.717) is 12.1 Å². The zero-order chi connectivity index (χ0) is 5.11. The molecule has 0 radical (unpaired) electrons. The van der Waals surface area contributed by atoms with Crippen LogP contribution in [-0.4, -0.2) is 12.5 Å². The number of hydrogen-bond donors (Lipinski definition) is 1. The van der Waals surface area contributed by atoms with Gasteiger partial charge in [-0.05, 0) is 12.3 Å². The van der Waals surface area contributed by atoms with Gasteiger partial charge in [-0.25, -0.2) is 4.79 Å². The molecule has 2 heteroatoms. The molecule has 0 saturated heterocycles. The van der Waals surface area contributed by atoms with Crippen molar-refractivity contribution in [2.24, 2.45) is 0 Å². The first-order valence-corrected chi connectivity index (χ1v) is 2.07. The molecule has 0 amide bonds. The molecule has 0 fully saturated rings. The molecular weight excluding hydrogens is 90.1 g/mol. The predicted molar refractivity (Wildman–Crippen MR) is 26.3 cm³/mol. The largest absolute Gasteiger partial charge is 0.386 e. The van der Waals surface area contributed by atoms with Gasteiger partial charge in [0.15, 0.2) is 0 Å². The highest BCUT2D eigenvalue weighted by Crippen LogP contribution is 1.93. The molecule has 0 aromatic rings. The van der Waals surface area contributed by atoms with Crippen LogP contribution >= 0.6 is 0 Å². The SMILES string of the molecule is O=C=C1C=CNC1. The van der Waals surface area contributed by atoms with Gasteiger partial charge >= 0.3 is 0 Å². The number of rotatable bonds is 0. The maximum atomic E-state index is 9.75. The van der Waals surface area contributed by atoms with E-state index in [9.17, 15) is 4.79 Å². The summed E-state index contributed by atoms with van der Waals surface area (Å²) in [5.74, 6) is 1.78. The molecule has 0 aromatic heterocycles. The summed E-state index contributed by atoms with van der Waals surface area (Å²) in [6.45, 7) is 0.642. The molecule has 36 valence electrons. The van der Waals surface area contributed by atoms with Crippen molar-refractivity contribution >= 4 is 5.94 Å². The normalized spacial score (nSPS) is 16.3. The molecule has 1 N–H and O–H groups in total. The summed E-state index contributed by atoms with van der Waals surface area (Å²) in [7, 11) is 0. The highest BCUT2D eigenvalue weighted by atomic mass is 16.1. The highest BCUT2D eigenvalue weighted by molar-refractivity contribution is 5.59. The molecule has 0 aromatic carbocycles. The lowest BCUT2D eigenvalue weighted by Gasteiger charge is -1.80. The predicted octanol–water partition coefficient (Wildman–Crippen LogP) is -0.139. The summed E-state index contributed by atoms with van der Waals surface area (Å²) in [6, 6.07) is 0. The topological polar surface area (TPSA) is 29.1 Å². The Morgan fingerprint density at radius 3 is 3.00 bits per heavy atom. The first-order chi connectivity index (χ1) is 3.43. The molecule has 0 aliphatic carbocycles. The van der Waals surface area contributed by atoms with E-state index in [-0.39, 0.29) is 0 Å². The fourth-order valence-corrected chi connectivity index (χ4v) is 0.457. The van der Waals surface area contributed by atoms with Crippen molar-refractivity contribution in [2.75, 3.05) is 6.54 Å². The van der Waals surface area contributed by atoms with Gasteiger partial charge in [0.2, 0.25) is 0 Å². The van der Waals surface area contributed by atoms with Crippen molar-refractivity contribution in [3.8, 4) is 0 Å². The second-order valence-electron chi connectivity index (χ2n) is 1.34. The fraction of sp³-hybridized carbons (Fsp3) is 0.200. The third kappa shape index (κ3) is 0.699. The molecule has 0 spiro atoms. The quantitative estimate of drug-likeness (QED) is 0.424. The minimum Gasteiger partial charge on any atom is -0.386 e. The van der Waals surface area contributed by atoms with Gasteiger partial charge in [0, 0.05) is 0 Å². The standard InChI is InChI=1S/C5H5NO/c7-4-5-1-2-6-3-5/h1-2,6H,3H2. The van der Waals surface area contributed by atoms with Crippen LogP contribution in [0.25, 0.3) is 0 Å². The van der Waals surface area contributed by atoms with Crippen LogP contribution in [0.1, 0.15) is 0 Å². The van der Waals surface area contributed by atoms with Gasteiger partial charge in [-0.2, -0.15) is 0 Å². The van der Waals surface area contributed by atoms with Crippen LogP contribution in [-0.2, 0) is 4.79 Å². The number of nitrogens with one attached hydrogen (secondary N) is 1. The Morgan fingerprint density at radius 2 is 2.71 bits per heavy atom. The molecule has 0 atom stereocenters. The van der Waals surface area contributed by atoms with Crippen LogP contribution in [0.4, 0.5) is 0 Å². The summed E-state index contributed by atoms with van der Waals surface area (Å²) >= 11 is 0. The van der Waals surface area contributed by atoms with Crippen molar-refractivity contribution in [1.82, 2.24) is 5.32 Å². The van der Waals surface area contributed by atoms with Gasteiger partial charge in [-0.3, -0.25) is 0 Å². The van der Waals surface area contributed by atoms with Gasteiger partial charge in [-0.1, -0.05) is 0 Å². The smallest absolute Gasteiger partial charge is 0.129 e. The van der Waals surface area contributed by atoms with Gasteiger partial charge in [-0.15, -0.1) is 0 Å². The molecule has 0 bridgehead atoms. The summed E-state index contributed by atoms with van der Waals surface area (Å²) in [6.07, 6.45) is 3.45. The van der Waals surface area contributed by atoms with Crippen LogP contribution in [0.5, 0.6) is 0 Å². The molecule has 0 unspecified atom stereocenters. The first-order valence-electron chi connectivity index (χ1n) is 2.07. The maximum absolute atomic E-state index is 9.75. The molecule has 0 saturated carbocycles. The van der Waals surface area contributed by atoms with Crippen LogP contribution in [0, 0.1) is 0 Å². The Balaban J connectivity index is 2.77. The van der Waals surface area contributed by atoms with Gasteiger partial charge in [0.05, 0.1) is 12.1 Å². The average Bonchev–Trinajstić information content (AvgIpc) is 2.14. The van der Waals surface area contributed by atoms with E-state index in [2.05, 4.69) is 5.32 Å². The van der Waals surface area contributed by atoms with Crippen molar-refractivity contribution in [3.05, 3.63) is 17.8 Å². The monoisotopic (exact) mass is 95.0 g/mol. The lowest BCUT2D eigenvalue weighted by molar-refractivity contribution is 0.567. The Kier molecular flexibility index (Phi) is 0.966. The van der Waals surface area contributed by atoms with Crippen molar-refractivity contribution < 1.29 is 4.79 Å². The van der Waals surface area contributed by atoms with Crippen LogP contribution < -0.4 is 5.32 Å². The molecule has 7 heavy (non-hydrogen) atoms. The number of carbonyl (C=O) groups excluding carboxylic acids is 1. The van der Waals surface area contributed by atoms with Crippen molar-refractivity contribution in [2.45, 2.75) is 0 Å². The van der Waals surface area contributed by atoms with Crippen LogP contribution in [0.2, 0.25) is 0 Å². The second-order valence-corrected chi connectivity index (χ2v) is 1.34. The summed E-state index contributed by atoms with van der Waals surface area (Å²) < 4.78 is 0. The van der Waals surface area contributed by atoms with E-state index in [1.807, 2.05) is 0 Å². The zero-order valence-electron chi connectivity index (χ0n) is 3.77. The fourth-order valence-electron chi connectivity index (χ4n) is 0.457. The second kappa shape index (κ2) is 1.63. The minimum absolute atomic E-state index is 0.642. The lowest BCUT2D eigenvalue weighted by atomic mass is 10.3. The van der Waals surface area contributed by atoms with Crippen molar-refractivity contribution in [3.63, 3.8) is 0 Å². The van der Waals surface area contributed by atoms with Crippen LogP contribution in [0.3, 0.4) is 0 Å². The van der Waals surface area contributed by atoms with Crippen molar-refractivity contribution in [1.29, 1.82) is 0 Å². The van der Waals surface area contributed by atoms with E-state index in [4.69, 9.17) is 0 Å². The zero-order valence-corrected chi connectivity index (χ0v) is 3.77. The third-order valence-corrected chi connectivity index (χ3v) is 0.826. The Bertz CT molecular complexity index is 142. The summed E-state index contributed by atoms with van der Waals surface area (Å²) in [5.41, 5.74) is 0.694. The maximum Gasteiger partial charge on any atom is 0.129 e. The van der Waals surface area contributed by atoms with Crippen LogP contribution in [0.15, 0.2) is 17.8 Å². The molecule has 2 nitrogen and oxygen atoms in total. The number of hydrogen-bond acceptors (Lipinski definition) is 2. The Labute approximate surface area is 41.5 Å². The van der Waals surface area contributed by atoms with Gasteiger partial charge < -0.3 is 5.32 Å². The molecule has 1 aliphatic rings. The minimum atomic E-state index is 0.642. The Morgan fingerprint density at radius 1 is 1.86 bits per heavy atom. The van der Waals surface area contributed by atoms with E-state index in [1.54, 1.807) is 18.2 Å². The molecule has 1 aliphatic heterocycles. The average molecular weight is 95.1 g/mol. The summed E-state index contributed by atoms with van der Waals surface area (Å²) in [4.78, 5) is 9.75. The first kappa shape index (κ1) is 4.16. The molecule has 1 heterocycles. The highest BCUT2D eigenvalue weighted by Gasteiger charge is 1.94. The molecule has 1 rings (SSSR count).